The van der Waals surface area contributed by atoms with Gasteiger partial charge in [-0.25, -0.2) is 9.97 Å². The predicted molar refractivity (Wildman–Crippen MR) is 197 cm³/mol. The molecule has 0 bridgehead atoms. The highest BCUT2D eigenvalue weighted by molar-refractivity contribution is 8.05. The molecule has 1 aliphatic heterocycles. The van der Waals surface area contributed by atoms with Crippen LogP contribution in [0.2, 0.25) is 0 Å². The molecule has 0 fully saturated rings. The van der Waals surface area contributed by atoms with Crippen LogP contribution in [0, 0.1) is 0 Å². The van der Waals surface area contributed by atoms with Crippen molar-refractivity contribution in [3.8, 4) is 28.3 Å². The van der Waals surface area contributed by atoms with E-state index in [2.05, 4.69) is 156 Å². The van der Waals surface area contributed by atoms with Crippen LogP contribution in [-0.4, -0.2) is 14.5 Å². The first-order valence-electron chi connectivity index (χ1n) is 15.7. The van der Waals surface area contributed by atoms with Crippen molar-refractivity contribution in [2.75, 3.05) is 0 Å². The lowest BCUT2D eigenvalue weighted by Gasteiger charge is -2.22. The Balaban J connectivity index is 1.28. The zero-order chi connectivity index (χ0) is 30.9. The highest BCUT2D eigenvalue weighted by atomic mass is 32.2. The van der Waals surface area contributed by atoms with E-state index in [1.165, 1.54) is 52.3 Å². The molecule has 3 heterocycles. The second-order valence-corrected chi connectivity index (χ2v) is 13.9. The molecule has 2 aromatic heterocycles. The van der Waals surface area contributed by atoms with Crippen molar-refractivity contribution in [1.82, 2.24) is 14.5 Å². The number of benzene rings is 7. The zero-order valence-electron chi connectivity index (χ0n) is 25.1. The summed E-state index contributed by atoms with van der Waals surface area (Å²) in [5.74, 6) is 0.680. The van der Waals surface area contributed by atoms with Gasteiger partial charge in [-0.15, -0.1) is 0 Å². The maximum Gasteiger partial charge on any atom is 0.235 e. The van der Waals surface area contributed by atoms with Crippen LogP contribution in [0.1, 0.15) is 0 Å². The zero-order valence-corrected chi connectivity index (χ0v) is 26.7. The van der Waals surface area contributed by atoms with Crippen molar-refractivity contribution in [2.45, 2.75) is 19.6 Å². The van der Waals surface area contributed by atoms with Crippen LogP contribution in [0.3, 0.4) is 0 Å². The molecular formula is C42H25N3S2. The average molecular weight is 636 g/mol. The summed E-state index contributed by atoms with van der Waals surface area (Å²) in [7, 11) is 0. The normalized spacial score (nSPS) is 12.5. The summed E-state index contributed by atoms with van der Waals surface area (Å²) in [5, 5.41) is 6.02. The lowest BCUT2D eigenvalue weighted by atomic mass is 10.0. The van der Waals surface area contributed by atoms with Gasteiger partial charge in [-0.2, -0.15) is 0 Å². The second-order valence-electron chi connectivity index (χ2n) is 11.8. The van der Waals surface area contributed by atoms with Gasteiger partial charge in [0.2, 0.25) is 5.95 Å². The molecule has 0 radical (unpaired) electrons. The molecule has 0 spiro atoms. The fraction of sp³-hybridized carbons (Fsp3) is 0. The first-order valence-corrected chi connectivity index (χ1v) is 17.3. The van der Waals surface area contributed by atoms with E-state index >= 15 is 0 Å². The molecule has 0 amide bonds. The van der Waals surface area contributed by atoms with Gasteiger partial charge in [-0.3, -0.25) is 4.57 Å². The van der Waals surface area contributed by atoms with Crippen LogP contribution in [-0.2, 0) is 0 Å². The van der Waals surface area contributed by atoms with Gasteiger partial charge in [0.15, 0.2) is 0 Å². The Morgan fingerprint density at radius 1 is 0.426 bits per heavy atom. The summed E-state index contributed by atoms with van der Waals surface area (Å²) in [6.07, 6.45) is 0. The van der Waals surface area contributed by atoms with Crippen molar-refractivity contribution in [1.29, 1.82) is 0 Å². The second kappa shape index (κ2) is 10.6. The molecule has 0 saturated carbocycles. The smallest absolute Gasteiger partial charge is 0.235 e. The highest BCUT2D eigenvalue weighted by Crippen LogP contribution is 2.55. The minimum atomic E-state index is 0.680. The van der Waals surface area contributed by atoms with Crippen LogP contribution < -0.4 is 0 Å². The minimum Gasteiger partial charge on any atom is -0.277 e. The highest BCUT2D eigenvalue weighted by Gasteiger charge is 2.28. The lowest BCUT2D eigenvalue weighted by Crippen LogP contribution is -2.05. The van der Waals surface area contributed by atoms with E-state index in [4.69, 9.17) is 9.97 Å². The number of aromatic nitrogens is 3. The number of fused-ring (bicyclic) bond motifs is 10. The molecule has 0 N–H and O–H groups in total. The molecule has 220 valence electrons. The summed E-state index contributed by atoms with van der Waals surface area (Å²) < 4.78 is 2.31. The quantitative estimate of drug-likeness (QED) is 0.193. The molecule has 0 saturated heterocycles. The van der Waals surface area contributed by atoms with Gasteiger partial charge >= 0.3 is 0 Å². The van der Waals surface area contributed by atoms with E-state index in [9.17, 15) is 0 Å². The molecule has 5 heteroatoms. The van der Waals surface area contributed by atoms with Crippen molar-refractivity contribution in [2.24, 2.45) is 0 Å². The molecule has 0 unspecified atom stereocenters. The molecule has 1 aliphatic rings. The fourth-order valence-electron chi connectivity index (χ4n) is 6.93. The van der Waals surface area contributed by atoms with E-state index in [0.717, 1.165) is 33.2 Å². The maximum absolute atomic E-state index is 5.43. The Kier molecular flexibility index (Phi) is 6.04. The number of para-hydroxylation sites is 2. The van der Waals surface area contributed by atoms with E-state index in [0.29, 0.717) is 5.95 Å². The largest absolute Gasteiger partial charge is 0.277 e. The fourth-order valence-corrected chi connectivity index (χ4v) is 9.47. The minimum absolute atomic E-state index is 0.680. The Morgan fingerprint density at radius 2 is 1.00 bits per heavy atom. The van der Waals surface area contributed by atoms with Crippen molar-refractivity contribution in [3.63, 3.8) is 0 Å². The third-order valence-corrected chi connectivity index (χ3v) is 11.7. The Bertz CT molecular complexity index is 2680. The van der Waals surface area contributed by atoms with Gasteiger partial charge in [0, 0.05) is 36.4 Å². The summed E-state index contributed by atoms with van der Waals surface area (Å²) in [4.78, 5) is 15.8. The molecule has 0 atom stereocenters. The van der Waals surface area contributed by atoms with Gasteiger partial charge < -0.3 is 0 Å². The van der Waals surface area contributed by atoms with E-state index in [-0.39, 0.29) is 0 Å². The van der Waals surface area contributed by atoms with Crippen LogP contribution in [0.25, 0.3) is 71.8 Å². The van der Waals surface area contributed by atoms with E-state index in [1.54, 1.807) is 0 Å². The lowest BCUT2D eigenvalue weighted by molar-refractivity contribution is 0.999. The van der Waals surface area contributed by atoms with Crippen molar-refractivity contribution >= 4 is 67.0 Å². The third kappa shape index (κ3) is 4.17. The SMILES string of the molecule is c1ccc(-c2ccc(-c3nc(-n4c5ccccc5c5c6ccccc6c6c(c54)Sc4ccccc4S6)nc4ccccc34)cc2)cc1. The number of rotatable bonds is 3. The molecule has 47 heavy (non-hydrogen) atoms. The summed E-state index contributed by atoms with van der Waals surface area (Å²) in [5.41, 5.74) is 7.57. The molecule has 0 aliphatic carbocycles. The molecule has 9 aromatic rings. The van der Waals surface area contributed by atoms with Crippen molar-refractivity contribution < 1.29 is 0 Å². The van der Waals surface area contributed by atoms with E-state index < -0.39 is 0 Å². The Morgan fingerprint density at radius 3 is 1.79 bits per heavy atom. The van der Waals surface area contributed by atoms with Gasteiger partial charge in [0.25, 0.3) is 0 Å². The predicted octanol–water partition coefficient (Wildman–Crippen LogP) is 11.8. The number of hydrogen-bond donors (Lipinski definition) is 0. The van der Waals surface area contributed by atoms with Gasteiger partial charge in [-0.1, -0.05) is 151 Å². The number of nitrogens with zero attached hydrogens (tertiary/aromatic N) is 3. The van der Waals surface area contributed by atoms with Crippen molar-refractivity contribution in [3.05, 3.63) is 152 Å². The van der Waals surface area contributed by atoms with Gasteiger partial charge in [-0.05, 0) is 46.2 Å². The first kappa shape index (κ1) is 26.8. The van der Waals surface area contributed by atoms with Crippen LogP contribution in [0.15, 0.2) is 171 Å². The third-order valence-electron chi connectivity index (χ3n) is 9.07. The molecule has 10 rings (SSSR count). The molecule has 3 nitrogen and oxygen atoms in total. The summed E-state index contributed by atoms with van der Waals surface area (Å²) in [6, 6.07) is 53.9. The summed E-state index contributed by atoms with van der Waals surface area (Å²) >= 11 is 3.73. The first-order chi connectivity index (χ1) is 23.3. The van der Waals surface area contributed by atoms with Crippen LogP contribution >= 0.6 is 23.5 Å². The summed E-state index contributed by atoms with van der Waals surface area (Å²) in [6.45, 7) is 0. The maximum atomic E-state index is 5.43. The number of hydrogen-bond acceptors (Lipinski definition) is 4. The molecule has 7 aromatic carbocycles. The van der Waals surface area contributed by atoms with Crippen LogP contribution in [0.4, 0.5) is 0 Å². The average Bonchev–Trinajstić information content (AvgIpc) is 3.50. The Hall–Kier alpha value is -5.36. The molecular weight excluding hydrogens is 611 g/mol. The topological polar surface area (TPSA) is 30.7 Å². The van der Waals surface area contributed by atoms with Crippen LogP contribution in [0.5, 0.6) is 0 Å². The van der Waals surface area contributed by atoms with Gasteiger partial charge in [0.05, 0.1) is 27.1 Å². The monoisotopic (exact) mass is 635 g/mol. The standard InChI is InChI=1S/C42H25N3S2/c1-2-12-26(13-3-1)27-22-24-28(25-23-27)38-31-16-6-8-18-33(31)43-42(44-38)45-34-19-9-7-17-32(34)37-29-14-4-5-15-30(29)40-41(39(37)45)47-36-21-11-10-20-35(36)46-40/h1-25H. The van der Waals surface area contributed by atoms with E-state index in [1.807, 2.05) is 23.5 Å². The Labute approximate surface area is 279 Å². The van der Waals surface area contributed by atoms with Gasteiger partial charge in [0.1, 0.15) is 0 Å².